The minimum absolute atomic E-state index is 0.0785. The third-order valence-corrected chi connectivity index (χ3v) is 2.37. The number of benzene rings is 1. The number of rotatable bonds is 4. The molecule has 0 amide bonds. The average Bonchev–Trinajstić information content (AvgIpc) is 2.16. The van der Waals surface area contributed by atoms with E-state index in [-0.39, 0.29) is 6.10 Å². The first-order valence-electron chi connectivity index (χ1n) is 4.12. The van der Waals surface area contributed by atoms with Crippen LogP contribution in [-0.2, 0) is 4.74 Å². The lowest BCUT2D eigenvalue weighted by molar-refractivity contribution is 0.101. The minimum atomic E-state index is 0.0785. The van der Waals surface area contributed by atoms with Crippen LogP contribution in [0.4, 0.5) is 0 Å². The summed E-state index contributed by atoms with van der Waals surface area (Å²) in [6.07, 6.45) is 0.898. The molecule has 1 aromatic carbocycles. The van der Waals surface area contributed by atoms with E-state index in [1.165, 1.54) is 0 Å². The van der Waals surface area contributed by atoms with Crippen LogP contribution >= 0.6 is 23.2 Å². The monoisotopic (exact) mass is 218 g/mol. The number of halogens is 2. The fraction of sp³-hybridized carbons (Fsp3) is 0.400. The first kappa shape index (κ1) is 10.8. The molecule has 0 aliphatic rings. The topological polar surface area (TPSA) is 9.23 Å². The highest BCUT2D eigenvalue weighted by Gasteiger charge is 2.08. The highest BCUT2D eigenvalue weighted by atomic mass is 35.5. The normalized spacial score (nSPS) is 12.8. The molecule has 0 spiro atoms. The summed E-state index contributed by atoms with van der Waals surface area (Å²) in [4.78, 5) is 0. The van der Waals surface area contributed by atoms with Crippen molar-refractivity contribution in [3.05, 3.63) is 34.9 Å². The molecule has 0 saturated carbocycles. The molecule has 0 aliphatic heterocycles. The van der Waals surface area contributed by atoms with Crippen LogP contribution in [0.15, 0.2) is 24.3 Å². The van der Waals surface area contributed by atoms with Gasteiger partial charge in [-0.15, -0.1) is 11.6 Å². The Kier molecular flexibility index (Phi) is 4.57. The van der Waals surface area contributed by atoms with Crippen molar-refractivity contribution in [2.45, 2.75) is 12.5 Å². The Bertz CT molecular complexity index is 246. The second-order valence-corrected chi connectivity index (χ2v) is 3.57. The molecular formula is C10H12Cl2O. The van der Waals surface area contributed by atoms with E-state index in [4.69, 9.17) is 27.9 Å². The van der Waals surface area contributed by atoms with E-state index in [9.17, 15) is 0 Å². The van der Waals surface area contributed by atoms with Crippen LogP contribution in [0.1, 0.15) is 18.1 Å². The molecular weight excluding hydrogens is 207 g/mol. The van der Waals surface area contributed by atoms with Crippen molar-refractivity contribution in [3.8, 4) is 0 Å². The predicted molar refractivity (Wildman–Crippen MR) is 56.5 cm³/mol. The Morgan fingerprint density at radius 1 is 1.31 bits per heavy atom. The first-order valence-corrected chi connectivity index (χ1v) is 5.03. The Hall–Kier alpha value is -0.240. The second-order valence-electron chi connectivity index (χ2n) is 2.75. The average molecular weight is 219 g/mol. The van der Waals surface area contributed by atoms with E-state index in [1.807, 2.05) is 24.3 Å². The van der Waals surface area contributed by atoms with E-state index in [0.717, 1.165) is 17.0 Å². The van der Waals surface area contributed by atoms with Gasteiger partial charge in [-0.3, -0.25) is 0 Å². The molecule has 1 rings (SSSR count). The number of ether oxygens (including phenoxy) is 1. The van der Waals surface area contributed by atoms with Crippen LogP contribution in [0.3, 0.4) is 0 Å². The Morgan fingerprint density at radius 3 is 2.38 bits per heavy atom. The third-order valence-electron chi connectivity index (χ3n) is 1.90. The van der Waals surface area contributed by atoms with Gasteiger partial charge in [0.05, 0.1) is 6.10 Å². The number of hydrogen-bond acceptors (Lipinski definition) is 1. The number of hydrogen-bond donors (Lipinski definition) is 0. The molecule has 13 heavy (non-hydrogen) atoms. The SMILES string of the molecule is CO[C@H](CCCl)c1ccc(Cl)cc1. The molecule has 1 nitrogen and oxygen atoms in total. The molecule has 3 heteroatoms. The van der Waals surface area contributed by atoms with Crippen LogP contribution in [-0.4, -0.2) is 13.0 Å². The Balaban J connectivity index is 2.73. The highest BCUT2D eigenvalue weighted by Crippen LogP contribution is 2.22. The van der Waals surface area contributed by atoms with Crippen molar-refractivity contribution in [1.82, 2.24) is 0 Å². The summed E-state index contributed by atoms with van der Waals surface area (Å²) in [5.74, 6) is 0.598. The molecule has 0 fully saturated rings. The second kappa shape index (κ2) is 5.48. The summed E-state index contributed by atoms with van der Waals surface area (Å²) < 4.78 is 5.29. The lowest BCUT2D eigenvalue weighted by Crippen LogP contribution is -2.01. The van der Waals surface area contributed by atoms with Gasteiger partial charge in [0.15, 0.2) is 0 Å². The third kappa shape index (κ3) is 3.18. The molecule has 0 saturated heterocycles. The summed E-state index contributed by atoms with van der Waals surface area (Å²) in [5, 5.41) is 0.740. The van der Waals surface area contributed by atoms with E-state index < -0.39 is 0 Å². The standard InChI is InChI=1S/C10H12Cl2O/c1-13-10(6-7-11)8-2-4-9(12)5-3-8/h2-5,10H,6-7H2,1H3/t10-/m1/s1. The van der Waals surface area contributed by atoms with Gasteiger partial charge in [0.1, 0.15) is 0 Å². The predicted octanol–water partition coefficient (Wildman–Crippen LogP) is 3.66. The van der Waals surface area contributed by atoms with E-state index in [0.29, 0.717) is 5.88 Å². The van der Waals surface area contributed by atoms with Crippen molar-refractivity contribution >= 4 is 23.2 Å². The first-order chi connectivity index (χ1) is 6.27. The van der Waals surface area contributed by atoms with Gasteiger partial charge in [-0.05, 0) is 24.1 Å². The lowest BCUT2D eigenvalue weighted by atomic mass is 10.1. The number of alkyl halides is 1. The molecule has 0 heterocycles. The molecule has 0 N–H and O–H groups in total. The van der Waals surface area contributed by atoms with Crippen LogP contribution in [0.25, 0.3) is 0 Å². The van der Waals surface area contributed by atoms with Crippen LogP contribution in [0, 0.1) is 0 Å². The van der Waals surface area contributed by atoms with Crippen LogP contribution in [0.5, 0.6) is 0 Å². The zero-order valence-corrected chi connectivity index (χ0v) is 8.98. The molecule has 0 bridgehead atoms. The quantitative estimate of drug-likeness (QED) is 0.702. The maximum Gasteiger partial charge on any atom is 0.0832 e. The van der Waals surface area contributed by atoms with Gasteiger partial charge in [0.2, 0.25) is 0 Å². The summed E-state index contributed by atoms with van der Waals surface area (Å²) in [6, 6.07) is 7.64. The maximum atomic E-state index is 5.77. The molecule has 0 aliphatic carbocycles. The van der Waals surface area contributed by atoms with Crippen LogP contribution < -0.4 is 0 Å². The molecule has 0 radical (unpaired) electrons. The highest BCUT2D eigenvalue weighted by molar-refractivity contribution is 6.30. The molecule has 0 aromatic heterocycles. The summed E-state index contributed by atoms with van der Waals surface area (Å²) in [7, 11) is 1.69. The zero-order valence-electron chi connectivity index (χ0n) is 7.47. The fourth-order valence-electron chi connectivity index (χ4n) is 1.20. The molecule has 1 aromatic rings. The summed E-state index contributed by atoms with van der Waals surface area (Å²) >= 11 is 11.4. The van der Waals surface area contributed by atoms with Gasteiger partial charge in [-0.2, -0.15) is 0 Å². The van der Waals surface area contributed by atoms with Crippen molar-refractivity contribution in [3.63, 3.8) is 0 Å². The summed E-state index contributed by atoms with van der Waals surface area (Å²) in [5.41, 5.74) is 1.12. The van der Waals surface area contributed by atoms with E-state index in [2.05, 4.69) is 0 Å². The molecule has 1 atom stereocenters. The van der Waals surface area contributed by atoms with Crippen molar-refractivity contribution < 1.29 is 4.74 Å². The van der Waals surface area contributed by atoms with Gasteiger partial charge in [0.25, 0.3) is 0 Å². The van der Waals surface area contributed by atoms with Crippen LogP contribution in [0.2, 0.25) is 5.02 Å². The van der Waals surface area contributed by atoms with Gasteiger partial charge >= 0.3 is 0 Å². The maximum absolute atomic E-state index is 5.77. The van der Waals surface area contributed by atoms with Gasteiger partial charge in [-0.1, -0.05) is 23.7 Å². The Morgan fingerprint density at radius 2 is 1.92 bits per heavy atom. The molecule has 72 valence electrons. The lowest BCUT2D eigenvalue weighted by Gasteiger charge is -2.13. The minimum Gasteiger partial charge on any atom is -0.377 e. The van der Waals surface area contributed by atoms with E-state index >= 15 is 0 Å². The zero-order chi connectivity index (χ0) is 9.68. The van der Waals surface area contributed by atoms with Crippen molar-refractivity contribution in [2.24, 2.45) is 0 Å². The van der Waals surface area contributed by atoms with Gasteiger partial charge in [-0.25, -0.2) is 0 Å². The van der Waals surface area contributed by atoms with Crippen molar-refractivity contribution in [2.75, 3.05) is 13.0 Å². The smallest absolute Gasteiger partial charge is 0.0832 e. The fourth-order valence-corrected chi connectivity index (χ4v) is 1.52. The number of methoxy groups -OCH3 is 1. The Labute approximate surface area is 88.6 Å². The van der Waals surface area contributed by atoms with Crippen molar-refractivity contribution in [1.29, 1.82) is 0 Å². The molecule has 0 unspecified atom stereocenters. The van der Waals surface area contributed by atoms with Gasteiger partial charge in [0, 0.05) is 18.0 Å². The van der Waals surface area contributed by atoms with Gasteiger partial charge < -0.3 is 4.74 Å². The largest absolute Gasteiger partial charge is 0.377 e. The van der Waals surface area contributed by atoms with E-state index in [1.54, 1.807) is 7.11 Å². The summed E-state index contributed by atoms with van der Waals surface area (Å²) in [6.45, 7) is 0.